The largest absolute Gasteiger partial charge is 0.493 e. The Morgan fingerprint density at radius 2 is 1.61 bits per heavy atom. The van der Waals surface area contributed by atoms with E-state index in [1.165, 1.54) is 0 Å². The fourth-order valence-electron chi connectivity index (χ4n) is 4.78. The van der Waals surface area contributed by atoms with E-state index in [4.69, 9.17) is 9.47 Å². The highest BCUT2D eigenvalue weighted by atomic mass is 79.9. The molecule has 2 aliphatic rings. The van der Waals surface area contributed by atoms with Gasteiger partial charge in [0.1, 0.15) is 0 Å². The average Bonchev–Trinajstić information content (AvgIpc) is 3.00. The predicted octanol–water partition coefficient (Wildman–Crippen LogP) is 6.45. The van der Waals surface area contributed by atoms with Crippen molar-refractivity contribution >= 4 is 33.1 Å². The lowest BCUT2D eigenvalue weighted by atomic mass is 9.78. The van der Waals surface area contributed by atoms with Crippen molar-refractivity contribution in [3.63, 3.8) is 0 Å². The summed E-state index contributed by atoms with van der Waals surface area (Å²) in [5, 5.41) is 7.21. The summed E-state index contributed by atoms with van der Waals surface area (Å²) in [4.78, 5) is 13.7. The summed E-state index contributed by atoms with van der Waals surface area (Å²) >= 11 is 3.69. The third kappa shape index (κ3) is 4.00. The molecule has 0 saturated heterocycles. The van der Waals surface area contributed by atoms with E-state index in [-0.39, 0.29) is 17.7 Å². The fraction of sp³-hybridized carbons (Fsp3) is 0.222. The van der Waals surface area contributed by atoms with Crippen LogP contribution in [0.2, 0.25) is 0 Å². The van der Waals surface area contributed by atoms with Crippen molar-refractivity contribution in [2.24, 2.45) is 0 Å². The number of ether oxygens (including phenoxy) is 2. The van der Waals surface area contributed by atoms with Crippen LogP contribution in [0, 0.1) is 0 Å². The molecule has 0 fully saturated rings. The van der Waals surface area contributed by atoms with Gasteiger partial charge in [-0.25, -0.2) is 0 Å². The summed E-state index contributed by atoms with van der Waals surface area (Å²) in [5.74, 6) is 1.55. The normalized spacial score (nSPS) is 19.5. The Kier molecular flexibility index (Phi) is 5.85. The highest BCUT2D eigenvalue weighted by Gasteiger charge is 2.36. The second kappa shape index (κ2) is 8.94. The lowest BCUT2D eigenvalue weighted by Gasteiger charge is -2.30. The van der Waals surface area contributed by atoms with Crippen LogP contribution >= 0.6 is 15.9 Å². The second-order valence-corrected chi connectivity index (χ2v) is 9.16. The second-order valence-electron chi connectivity index (χ2n) is 8.30. The Hall–Kier alpha value is -3.25. The molecule has 1 aliphatic carbocycles. The van der Waals surface area contributed by atoms with Crippen molar-refractivity contribution < 1.29 is 14.3 Å². The summed E-state index contributed by atoms with van der Waals surface area (Å²) in [6.07, 6.45) is 1.17. The van der Waals surface area contributed by atoms with E-state index in [0.29, 0.717) is 17.9 Å². The van der Waals surface area contributed by atoms with E-state index in [0.717, 1.165) is 44.7 Å². The summed E-state index contributed by atoms with van der Waals surface area (Å²) in [5.41, 5.74) is 5.82. The Morgan fingerprint density at radius 1 is 0.879 bits per heavy atom. The number of anilines is 2. The van der Waals surface area contributed by atoms with Crippen molar-refractivity contribution in [1.82, 2.24) is 0 Å². The van der Waals surface area contributed by atoms with Gasteiger partial charge in [0, 0.05) is 22.2 Å². The van der Waals surface area contributed by atoms with E-state index in [9.17, 15) is 4.79 Å². The minimum Gasteiger partial charge on any atom is -0.493 e. The predicted molar refractivity (Wildman–Crippen MR) is 134 cm³/mol. The van der Waals surface area contributed by atoms with Crippen LogP contribution in [0.15, 0.2) is 82.5 Å². The van der Waals surface area contributed by atoms with Crippen LogP contribution in [-0.2, 0) is 4.79 Å². The van der Waals surface area contributed by atoms with E-state index >= 15 is 0 Å². The number of para-hydroxylation sites is 2. The van der Waals surface area contributed by atoms with Gasteiger partial charge >= 0.3 is 0 Å². The highest BCUT2D eigenvalue weighted by molar-refractivity contribution is 9.10. The summed E-state index contributed by atoms with van der Waals surface area (Å²) in [6, 6.07) is 21.8. The molecule has 0 spiro atoms. The number of carbonyl (C=O) groups is 1. The molecule has 5 nitrogen and oxygen atoms in total. The topological polar surface area (TPSA) is 59.6 Å². The Bertz CT molecular complexity index is 1250. The Balaban J connectivity index is 1.59. The number of halogens is 1. The zero-order chi connectivity index (χ0) is 22.9. The van der Waals surface area contributed by atoms with Gasteiger partial charge in [-0.15, -0.1) is 0 Å². The standard InChI is InChI=1S/C27H25BrN2O3/c1-32-24-12-11-16(15-25(24)33-2)17-13-22-26(23(31)14-17)27(18-7-3-4-8-19(18)28)30-21-10-6-5-9-20(21)29-22/h3-12,15,17,27,29-30H,13-14H2,1-2H3/t17-,27-/m1/s1. The van der Waals surface area contributed by atoms with Gasteiger partial charge in [0.15, 0.2) is 17.3 Å². The van der Waals surface area contributed by atoms with Gasteiger partial charge in [0.2, 0.25) is 0 Å². The van der Waals surface area contributed by atoms with Gasteiger partial charge in [-0.3, -0.25) is 4.79 Å². The maximum Gasteiger partial charge on any atom is 0.163 e. The molecule has 3 aromatic rings. The molecule has 0 aromatic heterocycles. The molecular weight excluding hydrogens is 480 g/mol. The van der Waals surface area contributed by atoms with Crippen molar-refractivity contribution in [3.8, 4) is 11.5 Å². The van der Waals surface area contributed by atoms with Crippen LogP contribution in [0.1, 0.15) is 35.9 Å². The quantitative estimate of drug-likeness (QED) is 0.427. The first-order valence-electron chi connectivity index (χ1n) is 10.9. The molecule has 1 heterocycles. The number of rotatable bonds is 4. The molecule has 0 amide bonds. The van der Waals surface area contributed by atoms with Crippen LogP contribution in [0.5, 0.6) is 11.5 Å². The van der Waals surface area contributed by atoms with Crippen molar-refractivity contribution in [2.45, 2.75) is 24.8 Å². The molecule has 0 radical (unpaired) electrons. The highest BCUT2D eigenvalue weighted by Crippen LogP contribution is 2.46. The molecule has 5 rings (SSSR count). The van der Waals surface area contributed by atoms with Crippen molar-refractivity contribution in [3.05, 3.63) is 93.6 Å². The molecule has 2 atom stereocenters. The number of Topliss-reactive ketones (excluding diaryl/α,β-unsaturated/α-hetero) is 1. The number of hydrogen-bond acceptors (Lipinski definition) is 5. The van der Waals surface area contributed by atoms with E-state index < -0.39 is 0 Å². The molecule has 3 aromatic carbocycles. The molecule has 0 unspecified atom stereocenters. The first kappa shape index (κ1) is 21.6. The van der Waals surface area contributed by atoms with Gasteiger partial charge in [-0.05, 0) is 53.8 Å². The number of nitrogens with one attached hydrogen (secondary N) is 2. The van der Waals surface area contributed by atoms with Gasteiger partial charge in [0.25, 0.3) is 0 Å². The van der Waals surface area contributed by atoms with Gasteiger partial charge in [-0.2, -0.15) is 0 Å². The minimum atomic E-state index is -0.245. The number of fused-ring (bicyclic) bond motifs is 1. The Morgan fingerprint density at radius 3 is 2.36 bits per heavy atom. The van der Waals surface area contributed by atoms with Gasteiger partial charge in [-0.1, -0.05) is 52.3 Å². The number of ketones is 1. The van der Waals surface area contributed by atoms with E-state index in [1.54, 1.807) is 14.2 Å². The van der Waals surface area contributed by atoms with Crippen LogP contribution in [0.25, 0.3) is 0 Å². The minimum absolute atomic E-state index is 0.0497. The fourth-order valence-corrected chi connectivity index (χ4v) is 5.29. The van der Waals surface area contributed by atoms with Crippen LogP contribution < -0.4 is 20.1 Å². The molecule has 168 valence electrons. The monoisotopic (exact) mass is 504 g/mol. The zero-order valence-corrected chi connectivity index (χ0v) is 20.1. The van der Waals surface area contributed by atoms with Crippen molar-refractivity contribution in [1.29, 1.82) is 0 Å². The number of methoxy groups -OCH3 is 2. The maximum atomic E-state index is 13.7. The maximum absolute atomic E-state index is 13.7. The molecule has 1 aliphatic heterocycles. The van der Waals surface area contributed by atoms with Crippen molar-refractivity contribution in [2.75, 3.05) is 24.9 Å². The third-order valence-corrected chi connectivity index (χ3v) is 7.13. The smallest absolute Gasteiger partial charge is 0.163 e. The lowest BCUT2D eigenvalue weighted by Crippen LogP contribution is -2.27. The average molecular weight is 505 g/mol. The molecular formula is C27H25BrN2O3. The van der Waals surface area contributed by atoms with Gasteiger partial charge in [0.05, 0.1) is 31.6 Å². The molecule has 2 N–H and O–H groups in total. The first-order chi connectivity index (χ1) is 16.1. The summed E-state index contributed by atoms with van der Waals surface area (Å²) < 4.78 is 11.9. The molecule has 0 saturated carbocycles. The summed E-state index contributed by atoms with van der Waals surface area (Å²) in [7, 11) is 3.26. The molecule has 33 heavy (non-hydrogen) atoms. The molecule has 0 bridgehead atoms. The number of carbonyl (C=O) groups excluding carboxylic acids is 1. The SMILES string of the molecule is COc1ccc([C@H]2CC(=O)C3=C(C2)Nc2ccccc2N[C@@H]3c2ccccc2Br)cc1OC. The zero-order valence-electron chi connectivity index (χ0n) is 18.5. The lowest BCUT2D eigenvalue weighted by molar-refractivity contribution is -0.116. The van der Waals surface area contributed by atoms with E-state index in [2.05, 4.69) is 32.6 Å². The first-order valence-corrected chi connectivity index (χ1v) is 11.7. The van der Waals surface area contributed by atoms with Crippen LogP contribution in [0.3, 0.4) is 0 Å². The van der Waals surface area contributed by atoms with E-state index in [1.807, 2.05) is 60.7 Å². The molecule has 6 heteroatoms. The number of allylic oxidation sites excluding steroid dienone is 1. The van der Waals surface area contributed by atoms with Gasteiger partial charge < -0.3 is 20.1 Å². The number of hydrogen-bond donors (Lipinski definition) is 2. The Labute approximate surface area is 201 Å². The number of benzene rings is 3. The van der Waals surface area contributed by atoms with Crippen LogP contribution in [0.4, 0.5) is 11.4 Å². The van der Waals surface area contributed by atoms with Crippen LogP contribution in [-0.4, -0.2) is 20.0 Å². The third-order valence-electron chi connectivity index (χ3n) is 6.40. The summed E-state index contributed by atoms with van der Waals surface area (Å²) in [6.45, 7) is 0.